The quantitative estimate of drug-likeness (QED) is 0.824. The van der Waals surface area contributed by atoms with Gasteiger partial charge in [0.05, 0.1) is 0 Å². The Kier molecular flexibility index (Phi) is 4.50. The lowest BCUT2D eigenvalue weighted by Crippen LogP contribution is -2.12. The molecule has 2 aromatic heterocycles. The van der Waals surface area contributed by atoms with Gasteiger partial charge >= 0.3 is 5.97 Å². The first kappa shape index (κ1) is 14.5. The number of nitrogens with zero attached hydrogens (tertiary/aromatic N) is 1. The standard InChI is InChI=1S/C15H14N2O4/c1-2-11-4-5-12(21-11)15(20)17-13-9-10(7-8-16-13)3-6-14(18)19/h3-9H,2H2,1H3,(H,18,19)(H,16,17,20)/b6-3+. The topological polar surface area (TPSA) is 92.4 Å². The van der Waals surface area contributed by atoms with Crippen molar-refractivity contribution in [2.45, 2.75) is 13.3 Å². The van der Waals surface area contributed by atoms with E-state index in [-0.39, 0.29) is 5.76 Å². The molecule has 0 unspecified atom stereocenters. The number of anilines is 1. The van der Waals surface area contributed by atoms with E-state index in [2.05, 4.69) is 10.3 Å². The maximum absolute atomic E-state index is 12.0. The number of hydrogen-bond acceptors (Lipinski definition) is 4. The number of hydrogen-bond donors (Lipinski definition) is 2. The number of aromatic nitrogens is 1. The van der Waals surface area contributed by atoms with Crippen LogP contribution in [0.2, 0.25) is 0 Å². The van der Waals surface area contributed by atoms with Crippen LogP contribution in [0.5, 0.6) is 0 Å². The van der Waals surface area contributed by atoms with Gasteiger partial charge in [-0.25, -0.2) is 9.78 Å². The molecule has 0 aromatic carbocycles. The molecule has 0 fully saturated rings. The van der Waals surface area contributed by atoms with Crippen LogP contribution in [0.1, 0.15) is 28.8 Å². The SMILES string of the molecule is CCc1ccc(C(=O)Nc2cc(/C=C/C(=O)O)ccn2)o1. The number of nitrogens with one attached hydrogen (secondary N) is 1. The number of carboxylic acid groups (broad SMARTS) is 1. The molecule has 0 spiro atoms. The largest absolute Gasteiger partial charge is 0.478 e. The van der Waals surface area contributed by atoms with Crippen LogP contribution in [-0.2, 0) is 11.2 Å². The monoisotopic (exact) mass is 286 g/mol. The second-order valence-corrected chi connectivity index (χ2v) is 4.22. The van der Waals surface area contributed by atoms with Gasteiger partial charge in [-0.3, -0.25) is 4.79 Å². The van der Waals surface area contributed by atoms with E-state index in [0.717, 1.165) is 11.8 Å². The zero-order valence-corrected chi connectivity index (χ0v) is 11.4. The Labute approximate surface area is 121 Å². The van der Waals surface area contributed by atoms with Gasteiger partial charge in [0.1, 0.15) is 11.6 Å². The predicted octanol–water partition coefficient (Wildman–Crippen LogP) is 2.59. The Bertz CT molecular complexity index is 688. The van der Waals surface area contributed by atoms with Crippen molar-refractivity contribution in [2.75, 3.05) is 5.32 Å². The van der Waals surface area contributed by atoms with Gasteiger partial charge in [-0.15, -0.1) is 0 Å². The summed E-state index contributed by atoms with van der Waals surface area (Å²) >= 11 is 0. The molecule has 0 aliphatic rings. The number of carbonyl (C=O) groups is 2. The third kappa shape index (κ3) is 4.04. The fourth-order valence-corrected chi connectivity index (χ4v) is 1.65. The highest BCUT2D eigenvalue weighted by Crippen LogP contribution is 2.13. The average molecular weight is 286 g/mol. The number of furan rings is 1. The van der Waals surface area contributed by atoms with E-state index in [1.165, 1.54) is 12.3 Å². The number of amides is 1. The van der Waals surface area contributed by atoms with Crippen LogP contribution in [0.4, 0.5) is 5.82 Å². The number of pyridine rings is 1. The van der Waals surface area contributed by atoms with Crippen molar-refractivity contribution in [1.29, 1.82) is 0 Å². The van der Waals surface area contributed by atoms with Crippen molar-refractivity contribution >= 4 is 23.8 Å². The summed E-state index contributed by atoms with van der Waals surface area (Å²) in [6.07, 6.45) is 4.63. The molecule has 2 heterocycles. The van der Waals surface area contributed by atoms with Crippen molar-refractivity contribution < 1.29 is 19.1 Å². The third-order valence-electron chi connectivity index (χ3n) is 2.68. The molecule has 0 radical (unpaired) electrons. The summed E-state index contributed by atoms with van der Waals surface area (Å²) < 4.78 is 5.34. The molecule has 0 bridgehead atoms. The molecule has 0 aliphatic carbocycles. The lowest BCUT2D eigenvalue weighted by Gasteiger charge is -2.03. The summed E-state index contributed by atoms with van der Waals surface area (Å²) in [6, 6.07) is 6.55. The lowest BCUT2D eigenvalue weighted by atomic mass is 10.2. The molecule has 0 saturated carbocycles. The minimum absolute atomic E-state index is 0.208. The van der Waals surface area contributed by atoms with Crippen LogP contribution in [0.25, 0.3) is 6.08 Å². The Balaban J connectivity index is 2.10. The second kappa shape index (κ2) is 6.51. The molecule has 1 amide bonds. The number of carbonyl (C=O) groups excluding carboxylic acids is 1. The van der Waals surface area contributed by atoms with E-state index >= 15 is 0 Å². The van der Waals surface area contributed by atoms with Gasteiger partial charge in [-0.05, 0) is 35.9 Å². The van der Waals surface area contributed by atoms with Crippen LogP contribution >= 0.6 is 0 Å². The summed E-state index contributed by atoms with van der Waals surface area (Å²) in [5.41, 5.74) is 0.622. The van der Waals surface area contributed by atoms with E-state index in [1.54, 1.807) is 24.3 Å². The Hall–Kier alpha value is -2.89. The average Bonchev–Trinajstić information content (AvgIpc) is 2.94. The molecule has 2 rings (SSSR count). The van der Waals surface area contributed by atoms with Crippen molar-refractivity contribution in [3.63, 3.8) is 0 Å². The Morgan fingerprint density at radius 2 is 2.19 bits per heavy atom. The Morgan fingerprint density at radius 3 is 2.86 bits per heavy atom. The molecule has 2 aromatic rings. The van der Waals surface area contributed by atoms with Gasteiger partial charge in [-0.2, -0.15) is 0 Å². The van der Waals surface area contributed by atoms with Crippen LogP contribution in [0, 0.1) is 0 Å². The van der Waals surface area contributed by atoms with Gasteiger partial charge in [0, 0.05) is 18.7 Å². The predicted molar refractivity (Wildman–Crippen MR) is 76.9 cm³/mol. The Morgan fingerprint density at radius 1 is 1.38 bits per heavy atom. The molecule has 6 nitrogen and oxygen atoms in total. The zero-order chi connectivity index (χ0) is 15.2. The first-order valence-electron chi connectivity index (χ1n) is 6.35. The summed E-state index contributed by atoms with van der Waals surface area (Å²) in [5, 5.41) is 11.2. The minimum Gasteiger partial charge on any atom is -0.478 e. The zero-order valence-electron chi connectivity index (χ0n) is 11.4. The van der Waals surface area contributed by atoms with E-state index in [1.807, 2.05) is 6.92 Å². The number of aliphatic carboxylic acids is 1. The summed E-state index contributed by atoms with van der Waals surface area (Å²) in [5.74, 6) is -0.185. The first-order chi connectivity index (χ1) is 10.1. The van der Waals surface area contributed by atoms with E-state index in [4.69, 9.17) is 9.52 Å². The summed E-state index contributed by atoms with van der Waals surface area (Å²) in [6.45, 7) is 1.93. The summed E-state index contributed by atoms with van der Waals surface area (Å²) in [7, 11) is 0. The van der Waals surface area contributed by atoms with Crippen LogP contribution < -0.4 is 5.32 Å². The van der Waals surface area contributed by atoms with Crippen LogP contribution in [0.15, 0.2) is 41.0 Å². The van der Waals surface area contributed by atoms with Gasteiger partial charge in [0.15, 0.2) is 5.76 Å². The van der Waals surface area contributed by atoms with Gasteiger partial charge in [0.2, 0.25) is 0 Å². The van der Waals surface area contributed by atoms with E-state index in [0.29, 0.717) is 17.8 Å². The maximum atomic E-state index is 12.0. The molecule has 0 atom stereocenters. The second-order valence-electron chi connectivity index (χ2n) is 4.22. The van der Waals surface area contributed by atoms with E-state index < -0.39 is 11.9 Å². The molecular formula is C15H14N2O4. The molecule has 108 valence electrons. The highest BCUT2D eigenvalue weighted by molar-refractivity contribution is 6.01. The fourth-order valence-electron chi connectivity index (χ4n) is 1.65. The normalized spacial score (nSPS) is 10.7. The maximum Gasteiger partial charge on any atom is 0.328 e. The van der Waals surface area contributed by atoms with Crippen molar-refractivity contribution in [2.24, 2.45) is 0 Å². The lowest BCUT2D eigenvalue weighted by molar-refractivity contribution is -0.131. The molecule has 0 aliphatic heterocycles. The molecule has 0 saturated heterocycles. The molecule has 21 heavy (non-hydrogen) atoms. The van der Waals surface area contributed by atoms with Crippen molar-refractivity contribution in [1.82, 2.24) is 4.98 Å². The highest BCUT2D eigenvalue weighted by Gasteiger charge is 2.11. The van der Waals surface area contributed by atoms with Gasteiger partial charge in [0.25, 0.3) is 5.91 Å². The minimum atomic E-state index is -1.04. The smallest absolute Gasteiger partial charge is 0.328 e. The van der Waals surface area contributed by atoms with Crippen molar-refractivity contribution in [3.8, 4) is 0 Å². The van der Waals surface area contributed by atoms with Crippen LogP contribution in [0.3, 0.4) is 0 Å². The first-order valence-corrected chi connectivity index (χ1v) is 6.35. The van der Waals surface area contributed by atoms with E-state index in [9.17, 15) is 9.59 Å². The fraction of sp³-hybridized carbons (Fsp3) is 0.133. The molecule has 2 N–H and O–H groups in total. The van der Waals surface area contributed by atoms with Gasteiger partial charge in [-0.1, -0.05) is 6.92 Å². The molecule has 6 heteroatoms. The summed E-state index contributed by atoms with van der Waals surface area (Å²) in [4.78, 5) is 26.4. The van der Waals surface area contributed by atoms with Gasteiger partial charge < -0.3 is 14.8 Å². The number of aryl methyl sites for hydroxylation is 1. The van der Waals surface area contributed by atoms with Crippen LogP contribution in [-0.4, -0.2) is 22.0 Å². The number of rotatable bonds is 5. The highest BCUT2D eigenvalue weighted by atomic mass is 16.4. The number of carboxylic acids is 1. The molecular weight excluding hydrogens is 272 g/mol. The third-order valence-corrected chi connectivity index (χ3v) is 2.68. The van der Waals surface area contributed by atoms with Crippen molar-refractivity contribution in [3.05, 3.63) is 53.6 Å².